The molecule has 5 heteroatoms. The van der Waals surface area contributed by atoms with Gasteiger partial charge in [-0.2, -0.15) is 0 Å². The molecule has 1 aliphatic rings. The summed E-state index contributed by atoms with van der Waals surface area (Å²) in [6, 6.07) is 4.07. The van der Waals surface area contributed by atoms with E-state index < -0.39 is 0 Å². The number of hydrogen-bond acceptors (Lipinski definition) is 2. The Hall–Kier alpha value is -1.00. The zero-order valence-corrected chi connectivity index (χ0v) is 14.3. The van der Waals surface area contributed by atoms with E-state index >= 15 is 0 Å². The number of amidine groups is 1. The van der Waals surface area contributed by atoms with E-state index in [2.05, 4.69) is 27.3 Å². The van der Waals surface area contributed by atoms with Gasteiger partial charge >= 0.3 is 0 Å². The summed E-state index contributed by atoms with van der Waals surface area (Å²) in [6.45, 7) is 4.91. The molecule has 0 saturated carbocycles. The SMILES string of the molecule is CN/C(Br)=C1/CCCN(c2c(C)cc(C)cc2Cl)C1=N. The molecule has 0 radical (unpaired) electrons. The van der Waals surface area contributed by atoms with Crippen LogP contribution in [0.1, 0.15) is 24.0 Å². The first-order valence-corrected chi connectivity index (χ1v) is 7.82. The summed E-state index contributed by atoms with van der Waals surface area (Å²) in [4.78, 5) is 2.01. The third kappa shape index (κ3) is 2.86. The van der Waals surface area contributed by atoms with Gasteiger partial charge in [-0.15, -0.1) is 0 Å². The maximum atomic E-state index is 8.46. The lowest BCUT2D eigenvalue weighted by atomic mass is 10.0. The summed E-state index contributed by atoms with van der Waals surface area (Å²) in [6.07, 6.45) is 1.91. The highest BCUT2D eigenvalue weighted by molar-refractivity contribution is 9.11. The molecule has 3 nitrogen and oxygen atoms in total. The molecule has 1 fully saturated rings. The van der Waals surface area contributed by atoms with Crippen molar-refractivity contribution in [2.24, 2.45) is 0 Å². The van der Waals surface area contributed by atoms with Crippen molar-refractivity contribution in [1.82, 2.24) is 5.32 Å². The van der Waals surface area contributed by atoms with Gasteiger partial charge in [-0.05, 0) is 59.8 Å². The lowest BCUT2D eigenvalue weighted by Crippen LogP contribution is -2.38. The first kappa shape index (κ1) is 15.4. The summed E-state index contributed by atoms with van der Waals surface area (Å²) in [5.74, 6) is 0.520. The standard InChI is InChI=1S/C15H19BrClN3/c1-9-7-10(2)13(12(17)8-9)20-6-4-5-11(15(20)18)14(16)19-3/h7-8,18-19H,4-6H2,1-3H3/b14-11-,18-15?. The molecule has 0 atom stereocenters. The molecule has 0 bridgehead atoms. The Morgan fingerprint density at radius 1 is 1.40 bits per heavy atom. The molecule has 1 aromatic rings. The largest absolute Gasteiger partial charge is 0.382 e. The fourth-order valence-corrected chi connectivity index (χ4v) is 3.45. The molecule has 1 aromatic carbocycles. The van der Waals surface area contributed by atoms with Gasteiger partial charge in [0.2, 0.25) is 0 Å². The smallest absolute Gasteiger partial charge is 0.131 e. The van der Waals surface area contributed by atoms with Gasteiger partial charge in [-0.3, -0.25) is 5.41 Å². The van der Waals surface area contributed by atoms with Crippen LogP contribution in [0.2, 0.25) is 5.02 Å². The van der Waals surface area contributed by atoms with Crippen molar-refractivity contribution in [2.45, 2.75) is 26.7 Å². The van der Waals surface area contributed by atoms with Crippen molar-refractivity contribution in [3.63, 3.8) is 0 Å². The van der Waals surface area contributed by atoms with Crippen molar-refractivity contribution in [2.75, 3.05) is 18.5 Å². The Morgan fingerprint density at radius 3 is 2.70 bits per heavy atom. The average molecular weight is 357 g/mol. The number of benzene rings is 1. The van der Waals surface area contributed by atoms with E-state index in [0.29, 0.717) is 10.9 Å². The summed E-state index contributed by atoms with van der Waals surface area (Å²) in [5, 5.41) is 12.2. The quantitative estimate of drug-likeness (QED) is 0.773. The fourth-order valence-electron chi connectivity index (χ4n) is 2.65. The van der Waals surface area contributed by atoms with Crippen LogP contribution in [0, 0.1) is 19.3 Å². The number of nitrogens with zero attached hydrogens (tertiary/aromatic N) is 1. The van der Waals surface area contributed by atoms with E-state index in [-0.39, 0.29) is 0 Å². The van der Waals surface area contributed by atoms with Gasteiger partial charge in [0.15, 0.2) is 0 Å². The molecule has 1 aliphatic heterocycles. The minimum Gasteiger partial charge on any atom is -0.382 e. The zero-order chi connectivity index (χ0) is 14.9. The van der Waals surface area contributed by atoms with Gasteiger partial charge in [-0.25, -0.2) is 0 Å². The monoisotopic (exact) mass is 355 g/mol. The van der Waals surface area contributed by atoms with Crippen LogP contribution in [0.3, 0.4) is 0 Å². The molecule has 108 valence electrons. The number of hydrogen-bond donors (Lipinski definition) is 2. The molecule has 0 unspecified atom stereocenters. The molecule has 0 aliphatic carbocycles. The predicted molar refractivity (Wildman–Crippen MR) is 90.2 cm³/mol. The van der Waals surface area contributed by atoms with Crippen LogP contribution in [-0.4, -0.2) is 19.4 Å². The summed E-state index contributed by atoms with van der Waals surface area (Å²) >= 11 is 9.91. The predicted octanol–water partition coefficient (Wildman–Crippen LogP) is 4.36. The van der Waals surface area contributed by atoms with Crippen molar-refractivity contribution < 1.29 is 0 Å². The van der Waals surface area contributed by atoms with Gasteiger partial charge in [-0.1, -0.05) is 17.7 Å². The lowest BCUT2D eigenvalue weighted by molar-refractivity contribution is 0.774. The third-order valence-corrected chi connectivity index (χ3v) is 4.68. The molecule has 2 rings (SSSR count). The van der Waals surface area contributed by atoms with Gasteiger partial charge in [0.25, 0.3) is 0 Å². The number of aryl methyl sites for hydroxylation is 2. The molecule has 1 saturated heterocycles. The van der Waals surface area contributed by atoms with E-state index in [1.54, 1.807) is 0 Å². The second-order valence-electron chi connectivity index (χ2n) is 5.06. The minimum atomic E-state index is 0.520. The van der Waals surface area contributed by atoms with Crippen LogP contribution in [0.5, 0.6) is 0 Å². The number of rotatable bonds is 2. The van der Waals surface area contributed by atoms with Crippen molar-refractivity contribution in [1.29, 1.82) is 5.41 Å². The maximum Gasteiger partial charge on any atom is 0.131 e. The number of nitrogens with one attached hydrogen (secondary N) is 2. The van der Waals surface area contributed by atoms with E-state index in [4.69, 9.17) is 17.0 Å². The zero-order valence-electron chi connectivity index (χ0n) is 12.0. The third-order valence-electron chi connectivity index (χ3n) is 3.52. The van der Waals surface area contributed by atoms with Crippen LogP contribution in [-0.2, 0) is 0 Å². The maximum absolute atomic E-state index is 8.46. The Kier molecular flexibility index (Phi) is 4.76. The molecular weight excluding hydrogens is 338 g/mol. The molecule has 0 aromatic heterocycles. The molecule has 0 spiro atoms. The van der Waals surface area contributed by atoms with Gasteiger partial charge in [0.1, 0.15) is 5.84 Å². The molecule has 1 heterocycles. The summed E-state index contributed by atoms with van der Waals surface area (Å²) < 4.78 is 0.882. The van der Waals surface area contributed by atoms with E-state index in [1.165, 1.54) is 0 Å². The number of halogens is 2. The Labute approximate surface area is 133 Å². The van der Waals surface area contributed by atoms with Crippen LogP contribution in [0.15, 0.2) is 22.3 Å². The van der Waals surface area contributed by atoms with Gasteiger partial charge in [0, 0.05) is 19.2 Å². The number of anilines is 1. The molecule has 2 N–H and O–H groups in total. The van der Waals surface area contributed by atoms with Crippen LogP contribution >= 0.6 is 27.5 Å². The second kappa shape index (κ2) is 6.19. The normalized spacial score (nSPS) is 18.2. The van der Waals surface area contributed by atoms with Crippen molar-refractivity contribution in [3.8, 4) is 0 Å². The highest BCUT2D eigenvalue weighted by Crippen LogP contribution is 2.35. The Morgan fingerprint density at radius 2 is 2.10 bits per heavy atom. The Balaban J connectivity index is 2.46. The highest BCUT2D eigenvalue weighted by Gasteiger charge is 2.26. The van der Waals surface area contributed by atoms with Crippen LogP contribution < -0.4 is 10.2 Å². The van der Waals surface area contributed by atoms with Gasteiger partial charge < -0.3 is 10.2 Å². The average Bonchev–Trinajstić information content (AvgIpc) is 2.38. The first-order chi connectivity index (χ1) is 9.45. The van der Waals surface area contributed by atoms with Crippen LogP contribution in [0.25, 0.3) is 0 Å². The fraction of sp³-hybridized carbons (Fsp3) is 0.400. The highest BCUT2D eigenvalue weighted by atomic mass is 79.9. The van der Waals surface area contributed by atoms with Crippen LogP contribution in [0.4, 0.5) is 5.69 Å². The van der Waals surface area contributed by atoms with E-state index in [1.807, 2.05) is 31.9 Å². The lowest BCUT2D eigenvalue weighted by Gasteiger charge is -2.33. The summed E-state index contributed by atoms with van der Waals surface area (Å²) in [7, 11) is 1.85. The summed E-state index contributed by atoms with van der Waals surface area (Å²) in [5.41, 5.74) is 4.21. The van der Waals surface area contributed by atoms with E-state index in [9.17, 15) is 0 Å². The topological polar surface area (TPSA) is 39.1 Å². The second-order valence-corrected chi connectivity index (χ2v) is 6.26. The molecule has 20 heavy (non-hydrogen) atoms. The Bertz CT molecular complexity index is 557. The molecular formula is C15H19BrClN3. The van der Waals surface area contributed by atoms with E-state index in [0.717, 1.165) is 46.4 Å². The van der Waals surface area contributed by atoms with Crippen molar-refractivity contribution in [3.05, 3.63) is 38.5 Å². The number of piperidine rings is 1. The van der Waals surface area contributed by atoms with Crippen molar-refractivity contribution >= 4 is 39.1 Å². The van der Waals surface area contributed by atoms with Gasteiger partial charge in [0.05, 0.1) is 15.3 Å². The minimum absolute atomic E-state index is 0.520. The molecule has 0 amide bonds. The first-order valence-electron chi connectivity index (χ1n) is 6.65.